The third-order valence-corrected chi connectivity index (χ3v) is 3.65. The highest BCUT2D eigenvalue weighted by molar-refractivity contribution is 6.43. The second-order valence-corrected chi connectivity index (χ2v) is 5.36. The van der Waals surface area contributed by atoms with Crippen molar-refractivity contribution in [3.8, 4) is 5.75 Å². The van der Waals surface area contributed by atoms with E-state index in [1.54, 1.807) is 38.1 Å². The average Bonchev–Trinajstić information content (AvgIpc) is 2.67. The zero-order valence-electron chi connectivity index (χ0n) is 15.6. The van der Waals surface area contributed by atoms with Crippen LogP contribution in [0.2, 0.25) is 0 Å². The van der Waals surface area contributed by atoms with Gasteiger partial charge in [0.1, 0.15) is 5.75 Å². The van der Waals surface area contributed by atoms with E-state index in [0.717, 1.165) is 0 Å². The number of Topliss-reactive ketones (excluding diaryl/α,β-unsaturated/α-hetero) is 2. The first kappa shape index (κ1) is 21.8. The first-order valence-corrected chi connectivity index (χ1v) is 8.22. The number of ketones is 2. The van der Waals surface area contributed by atoms with E-state index in [1.807, 2.05) is 0 Å². The summed E-state index contributed by atoms with van der Waals surface area (Å²) >= 11 is 0. The average molecular weight is 374 g/mol. The fourth-order valence-electron chi connectivity index (χ4n) is 2.33. The number of esters is 2. The van der Waals surface area contributed by atoms with Crippen molar-refractivity contribution < 1.29 is 33.4 Å². The molecule has 7 heteroatoms. The van der Waals surface area contributed by atoms with E-state index >= 15 is 0 Å². The van der Waals surface area contributed by atoms with Crippen LogP contribution in [0.3, 0.4) is 0 Å². The largest absolute Gasteiger partial charge is 0.497 e. The minimum absolute atomic E-state index is 0.00770. The summed E-state index contributed by atoms with van der Waals surface area (Å²) in [6.07, 6.45) is 0. The van der Waals surface area contributed by atoms with Gasteiger partial charge in [0.2, 0.25) is 0 Å². The van der Waals surface area contributed by atoms with Gasteiger partial charge in [-0.25, -0.2) is 9.59 Å². The number of hydrogen-bond acceptors (Lipinski definition) is 7. The van der Waals surface area contributed by atoms with Gasteiger partial charge in [0.15, 0.2) is 0 Å². The minimum Gasteiger partial charge on any atom is -0.497 e. The standard InChI is InChI=1S/C20H22O7/c1-6-26-19(23)17(21)12(3)16(13(4)18(22)20(24)27-7-2)14-8-10-15(25-5)11-9-14/h8-11,16H,3-4,6-7H2,1-2,5H3. The van der Waals surface area contributed by atoms with Crippen LogP contribution >= 0.6 is 0 Å². The SMILES string of the molecule is C=C(C(=O)C(=O)OCC)C(C(=C)C(=O)C(=O)OCC)c1ccc(OC)cc1. The van der Waals surface area contributed by atoms with Gasteiger partial charge >= 0.3 is 11.9 Å². The van der Waals surface area contributed by atoms with Crippen LogP contribution in [0, 0.1) is 0 Å². The van der Waals surface area contributed by atoms with Gasteiger partial charge in [-0.1, -0.05) is 25.3 Å². The van der Waals surface area contributed by atoms with Crippen LogP contribution in [0.25, 0.3) is 0 Å². The molecule has 0 unspecified atom stereocenters. The Morgan fingerprint density at radius 1 is 0.852 bits per heavy atom. The monoisotopic (exact) mass is 374 g/mol. The van der Waals surface area contributed by atoms with Gasteiger partial charge in [-0.05, 0) is 31.5 Å². The Bertz CT molecular complexity index is 717. The van der Waals surface area contributed by atoms with Crippen LogP contribution in [0.4, 0.5) is 0 Å². The zero-order valence-corrected chi connectivity index (χ0v) is 15.6. The van der Waals surface area contributed by atoms with Crippen LogP contribution in [0.15, 0.2) is 48.6 Å². The Labute approximate surface area is 157 Å². The Hall–Kier alpha value is -3.22. The van der Waals surface area contributed by atoms with Crippen LogP contribution in [0.1, 0.15) is 25.3 Å². The molecule has 0 fully saturated rings. The Balaban J connectivity index is 3.30. The van der Waals surface area contributed by atoms with Crippen molar-refractivity contribution in [1.29, 1.82) is 0 Å². The molecule has 0 aliphatic heterocycles. The van der Waals surface area contributed by atoms with Crippen molar-refractivity contribution in [2.45, 2.75) is 19.8 Å². The van der Waals surface area contributed by atoms with Crippen molar-refractivity contribution >= 4 is 23.5 Å². The van der Waals surface area contributed by atoms with Crippen molar-refractivity contribution in [2.75, 3.05) is 20.3 Å². The van der Waals surface area contributed by atoms with Crippen molar-refractivity contribution in [2.24, 2.45) is 0 Å². The first-order valence-electron chi connectivity index (χ1n) is 8.22. The highest BCUT2D eigenvalue weighted by Gasteiger charge is 2.33. The lowest BCUT2D eigenvalue weighted by atomic mass is 9.82. The highest BCUT2D eigenvalue weighted by atomic mass is 16.5. The first-order chi connectivity index (χ1) is 12.8. The molecule has 0 atom stereocenters. The molecule has 0 N–H and O–H groups in total. The molecule has 0 heterocycles. The zero-order chi connectivity index (χ0) is 20.6. The molecule has 0 radical (unpaired) electrons. The quantitative estimate of drug-likeness (QED) is 0.352. The molecule has 27 heavy (non-hydrogen) atoms. The second-order valence-electron chi connectivity index (χ2n) is 5.36. The minimum atomic E-state index is -1.10. The van der Waals surface area contributed by atoms with Crippen LogP contribution in [-0.2, 0) is 28.7 Å². The summed E-state index contributed by atoms with van der Waals surface area (Å²) in [4.78, 5) is 48.2. The third kappa shape index (κ3) is 5.37. The number of carbonyl (C=O) groups is 4. The summed E-state index contributed by atoms with van der Waals surface area (Å²) in [5.74, 6) is -4.76. The molecule has 1 rings (SSSR count). The van der Waals surface area contributed by atoms with Crippen molar-refractivity contribution in [3.05, 3.63) is 54.1 Å². The predicted molar refractivity (Wildman–Crippen MR) is 97.3 cm³/mol. The molecule has 0 saturated carbocycles. The van der Waals surface area contributed by atoms with Crippen molar-refractivity contribution in [3.63, 3.8) is 0 Å². The summed E-state index contributed by atoms with van der Waals surface area (Å²) in [6.45, 7) is 10.4. The summed E-state index contributed by atoms with van der Waals surface area (Å²) in [6, 6.07) is 6.37. The summed E-state index contributed by atoms with van der Waals surface area (Å²) in [7, 11) is 1.49. The molecule has 1 aromatic rings. The fourth-order valence-corrected chi connectivity index (χ4v) is 2.33. The lowest BCUT2D eigenvalue weighted by Crippen LogP contribution is -2.27. The maximum absolute atomic E-state index is 12.3. The van der Waals surface area contributed by atoms with E-state index in [0.29, 0.717) is 11.3 Å². The number of methoxy groups -OCH3 is 1. The molecule has 0 aliphatic carbocycles. The van der Waals surface area contributed by atoms with Crippen LogP contribution in [-0.4, -0.2) is 43.8 Å². The Morgan fingerprint density at radius 3 is 1.59 bits per heavy atom. The molecular weight excluding hydrogens is 352 g/mol. The fraction of sp³-hybridized carbons (Fsp3) is 0.300. The number of carbonyl (C=O) groups excluding carboxylic acids is 4. The molecule has 0 spiro atoms. The second kappa shape index (κ2) is 10.1. The van der Waals surface area contributed by atoms with Gasteiger partial charge in [-0.2, -0.15) is 0 Å². The summed E-state index contributed by atoms with van der Waals surface area (Å²) in [5.41, 5.74) is -0.0383. The lowest BCUT2D eigenvalue weighted by molar-refractivity contribution is -0.152. The molecule has 0 aliphatic rings. The number of rotatable bonds is 10. The van der Waals surface area contributed by atoms with Gasteiger partial charge in [-0.3, -0.25) is 9.59 Å². The number of benzene rings is 1. The number of hydrogen-bond donors (Lipinski definition) is 0. The van der Waals surface area contributed by atoms with E-state index in [2.05, 4.69) is 13.2 Å². The molecule has 144 valence electrons. The van der Waals surface area contributed by atoms with E-state index < -0.39 is 29.4 Å². The van der Waals surface area contributed by atoms with Crippen molar-refractivity contribution in [1.82, 2.24) is 0 Å². The Kier molecular flexibility index (Phi) is 8.13. The molecule has 0 saturated heterocycles. The lowest BCUT2D eigenvalue weighted by Gasteiger charge is -2.20. The van der Waals surface area contributed by atoms with Crippen LogP contribution in [0.5, 0.6) is 5.75 Å². The van der Waals surface area contributed by atoms with Crippen LogP contribution < -0.4 is 4.74 Å². The van der Waals surface area contributed by atoms with Gasteiger partial charge < -0.3 is 14.2 Å². The van der Waals surface area contributed by atoms with Gasteiger partial charge in [-0.15, -0.1) is 0 Å². The molecular formula is C20H22O7. The Morgan fingerprint density at radius 2 is 1.26 bits per heavy atom. The maximum atomic E-state index is 12.3. The smallest absolute Gasteiger partial charge is 0.379 e. The molecule has 0 bridgehead atoms. The number of ether oxygens (including phenoxy) is 3. The van der Waals surface area contributed by atoms with E-state index in [9.17, 15) is 19.2 Å². The molecule has 0 amide bonds. The highest BCUT2D eigenvalue weighted by Crippen LogP contribution is 2.32. The van der Waals surface area contributed by atoms with E-state index in [1.165, 1.54) is 7.11 Å². The molecule has 7 nitrogen and oxygen atoms in total. The maximum Gasteiger partial charge on any atom is 0.379 e. The summed E-state index contributed by atoms with van der Waals surface area (Å²) < 4.78 is 14.5. The summed E-state index contributed by atoms with van der Waals surface area (Å²) in [5, 5.41) is 0. The topological polar surface area (TPSA) is 96.0 Å². The van der Waals surface area contributed by atoms with E-state index in [-0.39, 0.29) is 24.4 Å². The normalized spacial score (nSPS) is 10.1. The van der Waals surface area contributed by atoms with Gasteiger partial charge in [0.05, 0.1) is 20.3 Å². The van der Waals surface area contributed by atoms with E-state index in [4.69, 9.17) is 14.2 Å². The molecule has 0 aromatic heterocycles. The molecule has 1 aromatic carbocycles. The predicted octanol–water partition coefficient (Wildman–Crippen LogP) is 2.16. The third-order valence-electron chi connectivity index (χ3n) is 3.65. The van der Waals surface area contributed by atoms with Gasteiger partial charge in [0.25, 0.3) is 11.6 Å². The van der Waals surface area contributed by atoms with Gasteiger partial charge in [0, 0.05) is 17.1 Å².